The number of carbonyl (C=O) groups excluding carboxylic acids is 1. The van der Waals surface area contributed by atoms with Gasteiger partial charge in [0.1, 0.15) is 0 Å². The minimum absolute atomic E-state index is 0.0389. The highest BCUT2D eigenvalue weighted by Gasteiger charge is 2.49. The Kier molecular flexibility index (Phi) is 1.49. The third-order valence-electron chi connectivity index (χ3n) is 3.83. The third kappa shape index (κ3) is 0.959. The van der Waals surface area contributed by atoms with E-state index in [1.807, 2.05) is 0 Å². The molecule has 3 aliphatic rings. The minimum atomic E-state index is -0.179. The van der Waals surface area contributed by atoms with Gasteiger partial charge in [-0.3, -0.25) is 4.79 Å². The van der Waals surface area contributed by atoms with Gasteiger partial charge >= 0.3 is 0 Å². The first-order valence-electron chi connectivity index (χ1n) is 4.65. The zero-order chi connectivity index (χ0) is 8.82. The van der Waals surface area contributed by atoms with Crippen LogP contribution >= 0.6 is 0 Å². The predicted octanol–water partition coefficient (Wildman–Crippen LogP) is 0.523. The average molecular weight is 168 g/mol. The number of amides is 1. The van der Waals surface area contributed by atoms with Gasteiger partial charge in [-0.05, 0) is 38.5 Å². The standard InChI is InChI=1S/C9H16N2O/c10-7(12)8-1-4-9(11,5-2-8)6-3-8/h1-6,11H2,(H2,10,12). The highest BCUT2D eigenvalue weighted by molar-refractivity contribution is 5.81. The SMILES string of the molecule is NC(=O)C12CCC(N)(CC1)CC2. The van der Waals surface area contributed by atoms with Crippen LogP contribution in [-0.2, 0) is 4.79 Å². The van der Waals surface area contributed by atoms with Crippen molar-refractivity contribution in [3.8, 4) is 0 Å². The van der Waals surface area contributed by atoms with E-state index in [0.717, 1.165) is 38.5 Å². The molecule has 0 aliphatic heterocycles. The number of rotatable bonds is 1. The molecule has 3 nitrogen and oxygen atoms in total. The van der Waals surface area contributed by atoms with E-state index in [-0.39, 0.29) is 16.9 Å². The molecule has 0 atom stereocenters. The quantitative estimate of drug-likeness (QED) is 0.599. The van der Waals surface area contributed by atoms with Crippen LogP contribution in [0.25, 0.3) is 0 Å². The molecule has 0 aromatic carbocycles. The molecule has 3 rings (SSSR count). The maximum absolute atomic E-state index is 11.2. The van der Waals surface area contributed by atoms with Gasteiger partial charge in [-0.25, -0.2) is 0 Å². The number of hydrogen-bond acceptors (Lipinski definition) is 2. The van der Waals surface area contributed by atoms with Gasteiger partial charge in [-0.2, -0.15) is 0 Å². The molecule has 0 unspecified atom stereocenters. The summed E-state index contributed by atoms with van der Waals surface area (Å²) in [5.41, 5.74) is 11.4. The van der Waals surface area contributed by atoms with Crippen molar-refractivity contribution >= 4 is 5.91 Å². The van der Waals surface area contributed by atoms with Gasteiger partial charge in [-0.15, -0.1) is 0 Å². The van der Waals surface area contributed by atoms with Gasteiger partial charge in [-0.1, -0.05) is 0 Å². The molecular weight excluding hydrogens is 152 g/mol. The topological polar surface area (TPSA) is 69.1 Å². The molecular formula is C9H16N2O. The van der Waals surface area contributed by atoms with Crippen molar-refractivity contribution in [1.29, 1.82) is 0 Å². The summed E-state index contributed by atoms with van der Waals surface area (Å²) in [5, 5.41) is 0. The smallest absolute Gasteiger partial charge is 0.223 e. The lowest BCUT2D eigenvalue weighted by Crippen LogP contribution is -2.55. The Labute approximate surface area is 72.5 Å². The zero-order valence-corrected chi connectivity index (χ0v) is 7.31. The third-order valence-corrected chi connectivity index (χ3v) is 3.83. The van der Waals surface area contributed by atoms with E-state index in [4.69, 9.17) is 11.5 Å². The minimum Gasteiger partial charge on any atom is -0.369 e. The van der Waals surface area contributed by atoms with E-state index < -0.39 is 0 Å². The molecule has 2 bridgehead atoms. The first-order valence-corrected chi connectivity index (χ1v) is 4.65. The summed E-state index contributed by atoms with van der Waals surface area (Å²) in [5.74, 6) is -0.107. The highest BCUT2D eigenvalue weighted by Crippen LogP contribution is 2.50. The lowest BCUT2D eigenvalue weighted by molar-refractivity contribution is -0.134. The Morgan fingerprint density at radius 3 is 1.75 bits per heavy atom. The summed E-state index contributed by atoms with van der Waals surface area (Å²) in [4.78, 5) is 11.2. The maximum Gasteiger partial charge on any atom is 0.223 e. The van der Waals surface area contributed by atoms with E-state index in [1.165, 1.54) is 0 Å². The van der Waals surface area contributed by atoms with E-state index in [1.54, 1.807) is 0 Å². The number of nitrogens with two attached hydrogens (primary N) is 2. The summed E-state index contributed by atoms with van der Waals surface area (Å²) in [7, 11) is 0. The molecule has 0 radical (unpaired) electrons. The van der Waals surface area contributed by atoms with Crippen LogP contribution in [0, 0.1) is 5.41 Å². The summed E-state index contributed by atoms with van der Waals surface area (Å²) in [6, 6.07) is 0. The van der Waals surface area contributed by atoms with Gasteiger partial charge in [0.2, 0.25) is 5.91 Å². The first-order chi connectivity index (χ1) is 5.56. The van der Waals surface area contributed by atoms with Crippen LogP contribution in [0.4, 0.5) is 0 Å². The molecule has 0 spiro atoms. The van der Waals surface area contributed by atoms with Crippen molar-refractivity contribution in [1.82, 2.24) is 0 Å². The van der Waals surface area contributed by atoms with Crippen LogP contribution in [0.5, 0.6) is 0 Å². The van der Waals surface area contributed by atoms with Gasteiger partial charge < -0.3 is 11.5 Å². The van der Waals surface area contributed by atoms with Gasteiger partial charge in [0.05, 0.1) is 0 Å². The molecule has 1 amide bonds. The van der Waals surface area contributed by atoms with Crippen molar-refractivity contribution in [2.24, 2.45) is 16.9 Å². The Balaban J connectivity index is 2.20. The van der Waals surface area contributed by atoms with Crippen molar-refractivity contribution in [3.05, 3.63) is 0 Å². The Morgan fingerprint density at radius 2 is 1.42 bits per heavy atom. The van der Waals surface area contributed by atoms with Gasteiger partial charge in [0.15, 0.2) is 0 Å². The summed E-state index contributed by atoms with van der Waals surface area (Å²) >= 11 is 0. The van der Waals surface area contributed by atoms with Crippen LogP contribution in [0.15, 0.2) is 0 Å². The highest BCUT2D eigenvalue weighted by atomic mass is 16.1. The lowest BCUT2D eigenvalue weighted by atomic mass is 9.57. The van der Waals surface area contributed by atoms with E-state index >= 15 is 0 Å². The molecule has 0 aromatic heterocycles. The van der Waals surface area contributed by atoms with Crippen molar-refractivity contribution in [3.63, 3.8) is 0 Å². The second-order valence-electron chi connectivity index (χ2n) is 4.51. The predicted molar refractivity (Wildman–Crippen MR) is 46.2 cm³/mol. The van der Waals surface area contributed by atoms with Crippen LogP contribution in [-0.4, -0.2) is 11.4 Å². The van der Waals surface area contributed by atoms with E-state index in [0.29, 0.717) is 0 Å². The number of hydrogen-bond donors (Lipinski definition) is 2. The Hall–Kier alpha value is -0.570. The molecule has 68 valence electrons. The van der Waals surface area contributed by atoms with E-state index in [2.05, 4.69) is 0 Å². The number of primary amides is 1. The molecule has 4 N–H and O–H groups in total. The fraction of sp³-hybridized carbons (Fsp3) is 0.889. The fourth-order valence-corrected chi connectivity index (χ4v) is 2.58. The first kappa shape index (κ1) is 8.05. The number of carbonyl (C=O) groups is 1. The summed E-state index contributed by atoms with van der Waals surface area (Å²) in [6.45, 7) is 0. The van der Waals surface area contributed by atoms with Crippen molar-refractivity contribution in [2.45, 2.75) is 44.1 Å². The Morgan fingerprint density at radius 1 is 1.00 bits per heavy atom. The van der Waals surface area contributed by atoms with Gasteiger partial charge in [0, 0.05) is 11.0 Å². The fourth-order valence-electron chi connectivity index (χ4n) is 2.58. The molecule has 3 fully saturated rings. The van der Waals surface area contributed by atoms with E-state index in [9.17, 15) is 4.79 Å². The second-order valence-corrected chi connectivity index (χ2v) is 4.51. The summed E-state index contributed by atoms with van der Waals surface area (Å²) in [6.07, 6.45) is 5.69. The monoisotopic (exact) mass is 168 g/mol. The molecule has 3 aliphatic carbocycles. The zero-order valence-electron chi connectivity index (χ0n) is 7.31. The maximum atomic E-state index is 11.2. The van der Waals surface area contributed by atoms with Crippen LogP contribution in [0.2, 0.25) is 0 Å². The molecule has 12 heavy (non-hydrogen) atoms. The van der Waals surface area contributed by atoms with Crippen molar-refractivity contribution in [2.75, 3.05) is 0 Å². The largest absolute Gasteiger partial charge is 0.369 e. The molecule has 3 heteroatoms. The van der Waals surface area contributed by atoms with Crippen LogP contribution < -0.4 is 11.5 Å². The second kappa shape index (κ2) is 2.22. The number of fused-ring (bicyclic) bond motifs is 3. The molecule has 0 saturated heterocycles. The lowest BCUT2D eigenvalue weighted by Gasteiger charge is -2.50. The molecule has 0 heterocycles. The average Bonchev–Trinajstić information content (AvgIpc) is 2.06. The molecule has 3 saturated carbocycles. The van der Waals surface area contributed by atoms with Gasteiger partial charge in [0.25, 0.3) is 0 Å². The Bertz CT molecular complexity index is 200. The summed E-state index contributed by atoms with van der Waals surface area (Å²) < 4.78 is 0. The van der Waals surface area contributed by atoms with Crippen molar-refractivity contribution < 1.29 is 4.79 Å². The normalized spacial score (nSPS) is 46.1. The van der Waals surface area contributed by atoms with Crippen LogP contribution in [0.3, 0.4) is 0 Å². The molecule has 0 aromatic rings. The van der Waals surface area contributed by atoms with Crippen LogP contribution in [0.1, 0.15) is 38.5 Å².